The minimum atomic E-state index is -1.54. The molecule has 0 aliphatic carbocycles. The Morgan fingerprint density at radius 3 is 2.19 bits per heavy atom. The largest absolute Gasteiger partial charge is 0.480 e. The SMILES string of the molecule is CN(C)[C@H](Cc1ccccc1)C(=O)N1CCC[C@H]1C(=O)N(C(=O)OCc1ccccc1)[C@@H](CCCN=C(N)N)C(=O)O. The Labute approximate surface area is 245 Å². The predicted molar refractivity (Wildman–Crippen MR) is 157 cm³/mol. The van der Waals surface area contributed by atoms with Crippen molar-refractivity contribution in [3.05, 3.63) is 71.8 Å². The first-order valence-electron chi connectivity index (χ1n) is 13.9. The van der Waals surface area contributed by atoms with Crippen molar-refractivity contribution in [2.75, 3.05) is 27.2 Å². The van der Waals surface area contributed by atoms with Crippen LogP contribution in [-0.4, -0.2) is 95.0 Å². The predicted octanol–water partition coefficient (Wildman–Crippen LogP) is 1.82. The van der Waals surface area contributed by atoms with Gasteiger partial charge in [-0.2, -0.15) is 0 Å². The molecule has 1 saturated heterocycles. The molecule has 0 radical (unpaired) electrons. The van der Waals surface area contributed by atoms with Gasteiger partial charge in [0.15, 0.2) is 5.96 Å². The van der Waals surface area contributed by atoms with Crippen molar-refractivity contribution in [2.24, 2.45) is 16.5 Å². The van der Waals surface area contributed by atoms with Gasteiger partial charge in [0.25, 0.3) is 5.91 Å². The highest BCUT2D eigenvalue weighted by molar-refractivity contribution is 6.01. The molecule has 42 heavy (non-hydrogen) atoms. The van der Waals surface area contributed by atoms with Crippen LogP contribution in [0.4, 0.5) is 4.79 Å². The summed E-state index contributed by atoms with van der Waals surface area (Å²) in [7, 11) is 3.59. The van der Waals surface area contributed by atoms with E-state index in [2.05, 4.69) is 4.99 Å². The average molecular weight is 581 g/mol. The maximum absolute atomic E-state index is 14.0. The molecule has 0 unspecified atom stereocenters. The van der Waals surface area contributed by atoms with E-state index < -0.39 is 36.1 Å². The van der Waals surface area contributed by atoms with Crippen molar-refractivity contribution in [3.8, 4) is 0 Å². The quantitative estimate of drug-likeness (QED) is 0.182. The van der Waals surface area contributed by atoms with Crippen LogP contribution in [0.15, 0.2) is 65.7 Å². The van der Waals surface area contributed by atoms with Crippen LogP contribution in [0, 0.1) is 0 Å². The van der Waals surface area contributed by atoms with Gasteiger partial charge >= 0.3 is 12.1 Å². The molecular weight excluding hydrogens is 540 g/mol. The molecule has 12 nitrogen and oxygen atoms in total. The lowest BCUT2D eigenvalue weighted by atomic mass is 10.0. The summed E-state index contributed by atoms with van der Waals surface area (Å²) in [6, 6.07) is 15.3. The van der Waals surface area contributed by atoms with Gasteiger partial charge in [-0.25, -0.2) is 14.5 Å². The van der Waals surface area contributed by atoms with Gasteiger partial charge in [0.1, 0.15) is 18.7 Å². The molecular formula is C30H40N6O6. The van der Waals surface area contributed by atoms with Crippen molar-refractivity contribution in [2.45, 2.75) is 56.8 Å². The van der Waals surface area contributed by atoms with Gasteiger partial charge in [-0.15, -0.1) is 0 Å². The Hall–Kier alpha value is -4.45. The fraction of sp³-hybridized carbons (Fsp3) is 0.433. The van der Waals surface area contributed by atoms with Gasteiger partial charge in [-0.3, -0.25) is 19.5 Å². The number of carboxylic acids is 1. The average Bonchev–Trinajstić information content (AvgIpc) is 3.46. The summed E-state index contributed by atoms with van der Waals surface area (Å²) in [4.78, 5) is 61.5. The molecule has 1 heterocycles. The third-order valence-corrected chi connectivity index (χ3v) is 7.17. The Morgan fingerprint density at radius 2 is 1.62 bits per heavy atom. The second-order valence-electron chi connectivity index (χ2n) is 10.4. The summed E-state index contributed by atoms with van der Waals surface area (Å²) < 4.78 is 5.43. The number of carbonyl (C=O) groups is 4. The number of likely N-dealkylation sites (N-methyl/N-ethyl adjacent to an activating group) is 1. The maximum Gasteiger partial charge on any atom is 0.417 e. The molecule has 0 saturated carbocycles. The van der Waals surface area contributed by atoms with Gasteiger partial charge in [0.05, 0.1) is 6.04 Å². The number of aliphatic carboxylic acids is 1. The smallest absolute Gasteiger partial charge is 0.417 e. The number of guanidine groups is 1. The van der Waals surface area contributed by atoms with Crippen LogP contribution in [0.5, 0.6) is 0 Å². The van der Waals surface area contributed by atoms with E-state index >= 15 is 0 Å². The molecule has 1 fully saturated rings. The first-order valence-corrected chi connectivity index (χ1v) is 13.9. The number of hydrogen-bond donors (Lipinski definition) is 3. The van der Waals surface area contributed by atoms with Crippen LogP contribution in [0.3, 0.4) is 0 Å². The molecule has 0 spiro atoms. The first-order chi connectivity index (χ1) is 20.1. The number of hydrogen-bond acceptors (Lipinski definition) is 7. The number of rotatable bonds is 13. The third kappa shape index (κ3) is 8.77. The first kappa shape index (κ1) is 32.1. The molecule has 3 rings (SSSR count). The van der Waals surface area contributed by atoms with E-state index in [-0.39, 0.29) is 37.9 Å². The number of aliphatic imine (C=N–C) groups is 1. The lowest BCUT2D eigenvalue weighted by Gasteiger charge is -2.34. The molecule has 1 aliphatic rings. The van der Waals surface area contributed by atoms with Gasteiger partial charge in [0, 0.05) is 13.1 Å². The fourth-order valence-electron chi connectivity index (χ4n) is 4.98. The second-order valence-corrected chi connectivity index (χ2v) is 10.4. The van der Waals surface area contributed by atoms with E-state index in [1.165, 1.54) is 4.90 Å². The monoisotopic (exact) mass is 580 g/mol. The lowest BCUT2D eigenvalue weighted by molar-refractivity contribution is -0.153. The zero-order valence-electron chi connectivity index (χ0n) is 24.1. The molecule has 2 aromatic rings. The number of nitrogens with two attached hydrogens (primary N) is 2. The van der Waals surface area contributed by atoms with Crippen molar-refractivity contribution in [1.29, 1.82) is 0 Å². The van der Waals surface area contributed by atoms with E-state index in [9.17, 15) is 24.3 Å². The standard InChI is InChI=1S/C30H40N6O6/c1-34(2)25(19-21-11-5-3-6-12-21)26(37)35-18-10-16-23(35)27(38)36(24(28(39)40)15-9-17-33-29(31)32)30(41)42-20-22-13-7-4-8-14-22/h3-8,11-14,23-25H,9-10,15-20H2,1-2H3,(H,39,40)(H4,31,32,33)/t23-,24-,25+/m0/s1. The Morgan fingerprint density at radius 1 is 1.00 bits per heavy atom. The molecule has 1 aliphatic heterocycles. The van der Waals surface area contributed by atoms with Gasteiger partial charge in [0.2, 0.25) is 5.91 Å². The second kappa shape index (κ2) is 15.5. The van der Waals surface area contributed by atoms with Crippen LogP contribution in [0.25, 0.3) is 0 Å². The van der Waals surface area contributed by atoms with Gasteiger partial charge < -0.3 is 26.2 Å². The van der Waals surface area contributed by atoms with E-state index in [4.69, 9.17) is 16.2 Å². The van der Waals surface area contributed by atoms with E-state index in [1.807, 2.05) is 36.4 Å². The molecule has 12 heteroatoms. The lowest BCUT2D eigenvalue weighted by Crippen LogP contribution is -2.57. The highest BCUT2D eigenvalue weighted by Crippen LogP contribution is 2.25. The molecule has 2 aromatic carbocycles. The summed E-state index contributed by atoms with van der Waals surface area (Å²) in [5, 5.41) is 10.1. The van der Waals surface area contributed by atoms with Crippen LogP contribution in [0.2, 0.25) is 0 Å². The van der Waals surface area contributed by atoms with E-state index in [0.717, 1.165) is 5.56 Å². The molecule has 5 N–H and O–H groups in total. The number of amides is 3. The van der Waals surface area contributed by atoms with Crippen LogP contribution < -0.4 is 11.5 Å². The number of carbonyl (C=O) groups excluding carboxylic acids is 3. The molecule has 3 atom stereocenters. The number of benzene rings is 2. The summed E-state index contributed by atoms with van der Waals surface area (Å²) in [5.41, 5.74) is 12.4. The van der Waals surface area contributed by atoms with Crippen molar-refractivity contribution >= 4 is 29.8 Å². The fourth-order valence-corrected chi connectivity index (χ4v) is 4.98. The van der Waals surface area contributed by atoms with Gasteiger partial charge in [-0.05, 0) is 57.3 Å². The summed E-state index contributed by atoms with van der Waals surface area (Å²) in [5.74, 6) is -2.58. The van der Waals surface area contributed by atoms with Crippen molar-refractivity contribution < 1.29 is 29.0 Å². The Kier molecular flexibility index (Phi) is 11.9. The zero-order valence-corrected chi connectivity index (χ0v) is 24.1. The number of nitrogens with zero attached hydrogens (tertiary/aromatic N) is 4. The molecule has 3 amide bonds. The summed E-state index contributed by atoms with van der Waals surface area (Å²) in [6.07, 6.45) is 0.244. The van der Waals surface area contributed by atoms with Crippen LogP contribution in [-0.2, 0) is 32.1 Å². The molecule has 226 valence electrons. The summed E-state index contributed by atoms with van der Waals surface area (Å²) in [6.45, 7) is 0.269. The van der Waals surface area contributed by atoms with Crippen LogP contribution >= 0.6 is 0 Å². The highest BCUT2D eigenvalue weighted by atomic mass is 16.6. The zero-order chi connectivity index (χ0) is 30.6. The number of likely N-dealkylation sites (tertiary alicyclic amines) is 1. The number of carboxylic acid groups (broad SMARTS) is 1. The molecule has 0 aromatic heterocycles. The van der Waals surface area contributed by atoms with E-state index in [0.29, 0.717) is 36.3 Å². The third-order valence-electron chi connectivity index (χ3n) is 7.17. The minimum Gasteiger partial charge on any atom is -0.480 e. The Bertz CT molecular complexity index is 1240. The van der Waals surface area contributed by atoms with Crippen molar-refractivity contribution in [1.82, 2.24) is 14.7 Å². The Balaban J connectivity index is 1.87. The number of imide groups is 1. The van der Waals surface area contributed by atoms with Crippen LogP contribution in [0.1, 0.15) is 36.8 Å². The molecule has 0 bridgehead atoms. The van der Waals surface area contributed by atoms with E-state index in [1.54, 1.807) is 43.3 Å². The minimum absolute atomic E-state index is 0.104. The topological polar surface area (TPSA) is 172 Å². The van der Waals surface area contributed by atoms with Crippen molar-refractivity contribution in [3.63, 3.8) is 0 Å². The normalized spacial score (nSPS) is 16.0. The highest BCUT2D eigenvalue weighted by Gasteiger charge is 2.45. The maximum atomic E-state index is 14.0. The van der Waals surface area contributed by atoms with Gasteiger partial charge in [-0.1, -0.05) is 60.7 Å². The number of ether oxygens (including phenoxy) is 1. The summed E-state index contributed by atoms with van der Waals surface area (Å²) >= 11 is 0.